The van der Waals surface area contributed by atoms with Crippen LogP contribution >= 0.6 is 0 Å². The number of imidazole rings is 1. The summed E-state index contributed by atoms with van der Waals surface area (Å²) in [7, 11) is 0. The number of fused-ring (bicyclic) bond motifs is 1. The first kappa shape index (κ1) is 11.9. The first-order chi connectivity index (χ1) is 8.04. The molecule has 3 nitrogen and oxygen atoms in total. The van der Waals surface area contributed by atoms with Crippen LogP contribution in [0.25, 0.3) is 11.0 Å². The van der Waals surface area contributed by atoms with Gasteiger partial charge in [0.25, 0.3) is 0 Å². The van der Waals surface area contributed by atoms with Gasteiger partial charge in [-0.05, 0) is 37.5 Å². The van der Waals surface area contributed by atoms with Crippen molar-refractivity contribution in [2.24, 2.45) is 5.92 Å². The van der Waals surface area contributed by atoms with Crippen LogP contribution < -0.4 is 5.32 Å². The quantitative estimate of drug-likeness (QED) is 0.850. The molecule has 0 amide bonds. The van der Waals surface area contributed by atoms with Crippen LogP contribution in [0.3, 0.4) is 0 Å². The molecule has 2 aromatic rings. The Labute approximate surface area is 100 Å². The molecule has 17 heavy (non-hydrogen) atoms. The average molecular weight is 235 g/mol. The Balaban J connectivity index is 2.14. The fraction of sp³-hybridized carbons (Fsp3) is 0.462. The van der Waals surface area contributed by atoms with Crippen LogP contribution in [0.2, 0.25) is 0 Å². The van der Waals surface area contributed by atoms with E-state index in [0.717, 1.165) is 17.5 Å². The standard InChI is InChI=1S/C13H18FN3/c1-8(2)6-9(3)15-13-16-11-5-4-10(14)7-12(11)17-13/h4-5,7-9H,6H2,1-3H3,(H2,15,16,17). The summed E-state index contributed by atoms with van der Waals surface area (Å²) in [6, 6.07) is 4.91. The van der Waals surface area contributed by atoms with E-state index in [-0.39, 0.29) is 5.82 Å². The molecule has 92 valence electrons. The number of aromatic nitrogens is 2. The van der Waals surface area contributed by atoms with Gasteiger partial charge in [-0.15, -0.1) is 0 Å². The van der Waals surface area contributed by atoms with Crippen LogP contribution in [0.15, 0.2) is 18.2 Å². The Bertz CT molecular complexity index is 504. The fourth-order valence-electron chi connectivity index (χ4n) is 2.05. The molecule has 0 saturated heterocycles. The predicted molar refractivity (Wildman–Crippen MR) is 68.6 cm³/mol. The van der Waals surface area contributed by atoms with Crippen molar-refractivity contribution in [2.75, 3.05) is 5.32 Å². The minimum atomic E-state index is -0.247. The van der Waals surface area contributed by atoms with Gasteiger partial charge in [-0.1, -0.05) is 13.8 Å². The third-order valence-electron chi connectivity index (χ3n) is 2.65. The molecule has 2 rings (SSSR count). The van der Waals surface area contributed by atoms with Crippen LogP contribution in [0.1, 0.15) is 27.2 Å². The number of halogens is 1. The zero-order chi connectivity index (χ0) is 12.4. The van der Waals surface area contributed by atoms with Crippen LogP contribution in [0, 0.1) is 11.7 Å². The first-order valence-electron chi connectivity index (χ1n) is 5.96. The Kier molecular flexibility index (Phi) is 3.31. The van der Waals surface area contributed by atoms with Gasteiger partial charge in [0.05, 0.1) is 11.0 Å². The molecule has 0 bridgehead atoms. The number of H-pyrrole nitrogens is 1. The van der Waals surface area contributed by atoms with Crippen molar-refractivity contribution in [3.63, 3.8) is 0 Å². The summed E-state index contributed by atoms with van der Waals surface area (Å²) < 4.78 is 13.0. The Morgan fingerprint density at radius 1 is 1.35 bits per heavy atom. The van der Waals surface area contributed by atoms with Gasteiger partial charge in [0, 0.05) is 6.04 Å². The molecular weight excluding hydrogens is 217 g/mol. The summed E-state index contributed by atoms with van der Waals surface area (Å²) in [6.45, 7) is 6.49. The van der Waals surface area contributed by atoms with Crippen molar-refractivity contribution in [1.82, 2.24) is 9.97 Å². The lowest BCUT2D eigenvalue weighted by molar-refractivity contribution is 0.538. The van der Waals surface area contributed by atoms with Gasteiger partial charge in [-0.2, -0.15) is 0 Å². The van der Waals surface area contributed by atoms with E-state index < -0.39 is 0 Å². The molecule has 1 aromatic carbocycles. The SMILES string of the molecule is CC(C)CC(C)Nc1nc2ccc(F)cc2[nH]1. The largest absolute Gasteiger partial charge is 0.353 e. The molecule has 0 saturated carbocycles. The second-order valence-electron chi connectivity index (χ2n) is 4.92. The van der Waals surface area contributed by atoms with Gasteiger partial charge in [0.1, 0.15) is 5.82 Å². The monoisotopic (exact) mass is 235 g/mol. The number of nitrogens with one attached hydrogen (secondary N) is 2. The van der Waals surface area contributed by atoms with Gasteiger partial charge in [0.15, 0.2) is 0 Å². The highest BCUT2D eigenvalue weighted by atomic mass is 19.1. The maximum absolute atomic E-state index is 13.0. The zero-order valence-electron chi connectivity index (χ0n) is 10.4. The minimum Gasteiger partial charge on any atom is -0.353 e. The summed E-state index contributed by atoms with van der Waals surface area (Å²) in [5, 5.41) is 3.29. The highest BCUT2D eigenvalue weighted by Crippen LogP contribution is 2.17. The van der Waals surface area contributed by atoms with Crippen LogP contribution in [0.5, 0.6) is 0 Å². The molecule has 0 aliphatic carbocycles. The Hall–Kier alpha value is -1.58. The van der Waals surface area contributed by atoms with E-state index in [1.807, 2.05) is 0 Å². The number of hydrogen-bond donors (Lipinski definition) is 2. The molecule has 0 fully saturated rings. The molecule has 1 heterocycles. The molecule has 4 heteroatoms. The molecule has 0 spiro atoms. The normalized spacial score (nSPS) is 13.2. The summed E-state index contributed by atoms with van der Waals surface area (Å²) in [6.07, 6.45) is 1.07. The second kappa shape index (κ2) is 4.73. The fourth-order valence-corrected chi connectivity index (χ4v) is 2.05. The molecule has 1 unspecified atom stereocenters. The van der Waals surface area contributed by atoms with Crippen LogP contribution in [0.4, 0.5) is 10.3 Å². The van der Waals surface area contributed by atoms with Crippen molar-refractivity contribution < 1.29 is 4.39 Å². The van der Waals surface area contributed by atoms with E-state index in [0.29, 0.717) is 17.9 Å². The first-order valence-corrected chi connectivity index (χ1v) is 5.96. The summed E-state index contributed by atoms with van der Waals surface area (Å²) in [4.78, 5) is 7.45. The van der Waals surface area contributed by atoms with Crippen LogP contribution in [-0.4, -0.2) is 16.0 Å². The molecule has 0 aliphatic heterocycles. The van der Waals surface area contributed by atoms with E-state index in [1.165, 1.54) is 12.1 Å². The Morgan fingerprint density at radius 3 is 2.82 bits per heavy atom. The maximum atomic E-state index is 13.0. The number of anilines is 1. The smallest absolute Gasteiger partial charge is 0.201 e. The van der Waals surface area contributed by atoms with Gasteiger partial charge in [0.2, 0.25) is 5.95 Å². The lowest BCUT2D eigenvalue weighted by atomic mass is 10.1. The summed E-state index contributed by atoms with van der Waals surface area (Å²) >= 11 is 0. The minimum absolute atomic E-state index is 0.247. The van der Waals surface area contributed by atoms with E-state index in [4.69, 9.17) is 0 Å². The highest BCUT2D eigenvalue weighted by molar-refractivity contribution is 5.77. The lowest BCUT2D eigenvalue weighted by Crippen LogP contribution is -2.18. The van der Waals surface area contributed by atoms with Crippen molar-refractivity contribution >= 4 is 17.0 Å². The maximum Gasteiger partial charge on any atom is 0.201 e. The number of aromatic amines is 1. The molecule has 0 aliphatic rings. The van der Waals surface area contributed by atoms with Crippen molar-refractivity contribution in [3.05, 3.63) is 24.0 Å². The number of rotatable bonds is 4. The van der Waals surface area contributed by atoms with E-state index >= 15 is 0 Å². The predicted octanol–water partition coefficient (Wildman–Crippen LogP) is 3.55. The van der Waals surface area contributed by atoms with Crippen LogP contribution in [-0.2, 0) is 0 Å². The molecule has 2 N–H and O–H groups in total. The van der Waals surface area contributed by atoms with Crippen molar-refractivity contribution in [2.45, 2.75) is 33.2 Å². The van der Waals surface area contributed by atoms with Gasteiger partial charge >= 0.3 is 0 Å². The lowest BCUT2D eigenvalue weighted by Gasteiger charge is -2.14. The molecular formula is C13H18FN3. The summed E-state index contributed by atoms with van der Waals surface area (Å²) in [5.74, 6) is 1.10. The molecule has 0 radical (unpaired) electrons. The highest BCUT2D eigenvalue weighted by Gasteiger charge is 2.08. The third-order valence-corrected chi connectivity index (χ3v) is 2.65. The molecule has 1 aromatic heterocycles. The Morgan fingerprint density at radius 2 is 2.12 bits per heavy atom. The number of benzene rings is 1. The van der Waals surface area contributed by atoms with Gasteiger partial charge in [-0.3, -0.25) is 0 Å². The number of hydrogen-bond acceptors (Lipinski definition) is 2. The topological polar surface area (TPSA) is 40.7 Å². The summed E-state index contributed by atoms with van der Waals surface area (Å²) in [5.41, 5.74) is 1.51. The average Bonchev–Trinajstić information content (AvgIpc) is 2.57. The van der Waals surface area contributed by atoms with E-state index in [1.54, 1.807) is 6.07 Å². The second-order valence-corrected chi connectivity index (χ2v) is 4.92. The van der Waals surface area contributed by atoms with Gasteiger partial charge in [-0.25, -0.2) is 9.37 Å². The van der Waals surface area contributed by atoms with E-state index in [9.17, 15) is 4.39 Å². The van der Waals surface area contributed by atoms with E-state index in [2.05, 4.69) is 36.1 Å². The number of nitrogens with zero attached hydrogens (tertiary/aromatic N) is 1. The molecule has 1 atom stereocenters. The van der Waals surface area contributed by atoms with Crippen molar-refractivity contribution in [1.29, 1.82) is 0 Å². The third kappa shape index (κ3) is 2.96. The zero-order valence-corrected chi connectivity index (χ0v) is 10.4. The van der Waals surface area contributed by atoms with Gasteiger partial charge < -0.3 is 10.3 Å². The van der Waals surface area contributed by atoms with Crippen molar-refractivity contribution in [3.8, 4) is 0 Å².